The minimum atomic E-state index is -0.750. The third kappa shape index (κ3) is 3.35. The Balaban J connectivity index is 1.76. The van der Waals surface area contributed by atoms with E-state index in [0.717, 1.165) is 10.6 Å². The van der Waals surface area contributed by atoms with Crippen LogP contribution in [0.1, 0.15) is 36.5 Å². The Kier molecular flexibility index (Phi) is 4.73. The SMILES string of the molecule is CCSc1ccc([N+](=O)[O-])cc1C(=O)N1CCC2(CC1)CC2C(=O)O. The third-order valence-corrected chi connectivity index (χ3v) is 6.19. The summed E-state index contributed by atoms with van der Waals surface area (Å²) in [7, 11) is 0. The van der Waals surface area contributed by atoms with Gasteiger partial charge in [-0.3, -0.25) is 19.7 Å². The van der Waals surface area contributed by atoms with Gasteiger partial charge in [0.15, 0.2) is 0 Å². The van der Waals surface area contributed by atoms with Gasteiger partial charge >= 0.3 is 5.97 Å². The maximum Gasteiger partial charge on any atom is 0.307 e. The van der Waals surface area contributed by atoms with Crippen molar-refractivity contribution in [2.24, 2.45) is 11.3 Å². The summed E-state index contributed by atoms with van der Waals surface area (Å²) >= 11 is 1.48. The summed E-state index contributed by atoms with van der Waals surface area (Å²) in [6.45, 7) is 2.97. The van der Waals surface area contributed by atoms with Crippen molar-refractivity contribution in [1.82, 2.24) is 4.90 Å². The van der Waals surface area contributed by atoms with Crippen LogP contribution in [0.5, 0.6) is 0 Å². The average molecular weight is 364 g/mol. The van der Waals surface area contributed by atoms with Crippen LogP contribution in [0.2, 0.25) is 0 Å². The summed E-state index contributed by atoms with van der Waals surface area (Å²) in [4.78, 5) is 37.0. The number of carbonyl (C=O) groups excluding carboxylic acids is 1. The van der Waals surface area contributed by atoms with Gasteiger partial charge in [0.2, 0.25) is 0 Å². The topological polar surface area (TPSA) is 101 Å². The molecule has 1 aliphatic heterocycles. The molecule has 8 heteroatoms. The van der Waals surface area contributed by atoms with Crippen LogP contribution in [0.15, 0.2) is 23.1 Å². The lowest BCUT2D eigenvalue weighted by molar-refractivity contribution is -0.384. The van der Waals surface area contributed by atoms with E-state index < -0.39 is 10.9 Å². The Morgan fingerprint density at radius 1 is 1.40 bits per heavy atom. The van der Waals surface area contributed by atoms with Crippen molar-refractivity contribution >= 4 is 29.3 Å². The quantitative estimate of drug-likeness (QED) is 0.490. The number of likely N-dealkylation sites (tertiary alicyclic amines) is 1. The van der Waals surface area contributed by atoms with Crippen LogP contribution in [0.3, 0.4) is 0 Å². The van der Waals surface area contributed by atoms with Gasteiger partial charge in [-0.25, -0.2) is 0 Å². The van der Waals surface area contributed by atoms with Gasteiger partial charge in [0.1, 0.15) is 0 Å². The second kappa shape index (κ2) is 6.67. The fraction of sp³-hybridized carbons (Fsp3) is 0.529. The number of hydrogen-bond donors (Lipinski definition) is 1. The third-order valence-electron chi connectivity index (χ3n) is 5.24. The van der Waals surface area contributed by atoms with E-state index in [9.17, 15) is 19.7 Å². The zero-order chi connectivity index (χ0) is 18.2. The highest BCUT2D eigenvalue weighted by molar-refractivity contribution is 7.99. The molecule has 2 aliphatic rings. The lowest BCUT2D eigenvalue weighted by Gasteiger charge is -2.33. The number of aliphatic carboxylic acids is 1. The van der Waals surface area contributed by atoms with Gasteiger partial charge in [0, 0.05) is 30.1 Å². The van der Waals surface area contributed by atoms with Crippen LogP contribution < -0.4 is 0 Å². The number of nitro groups is 1. The molecule has 2 fully saturated rings. The summed E-state index contributed by atoms with van der Waals surface area (Å²) < 4.78 is 0. The summed E-state index contributed by atoms with van der Waals surface area (Å²) in [6, 6.07) is 4.40. The summed E-state index contributed by atoms with van der Waals surface area (Å²) in [5.41, 5.74) is 0.125. The summed E-state index contributed by atoms with van der Waals surface area (Å²) in [6.07, 6.45) is 2.06. The molecule has 1 saturated heterocycles. The largest absolute Gasteiger partial charge is 0.481 e. The smallest absolute Gasteiger partial charge is 0.307 e. The van der Waals surface area contributed by atoms with Gasteiger partial charge in [-0.2, -0.15) is 0 Å². The Morgan fingerprint density at radius 3 is 2.60 bits per heavy atom. The van der Waals surface area contributed by atoms with Crippen molar-refractivity contribution in [3.63, 3.8) is 0 Å². The normalized spacial score (nSPS) is 21.2. The molecule has 25 heavy (non-hydrogen) atoms. The molecule has 1 N–H and O–H groups in total. The first kappa shape index (κ1) is 17.7. The molecule has 0 aromatic heterocycles. The number of piperidine rings is 1. The summed E-state index contributed by atoms with van der Waals surface area (Å²) in [5, 5.41) is 20.2. The van der Waals surface area contributed by atoms with Crippen LogP contribution in [-0.4, -0.2) is 45.6 Å². The molecule has 0 bridgehead atoms. The Hall–Kier alpha value is -2.09. The van der Waals surface area contributed by atoms with Gasteiger partial charge in [-0.15, -0.1) is 11.8 Å². The maximum absolute atomic E-state index is 12.9. The van der Waals surface area contributed by atoms with Crippen LogP contribution in [0.4, 0.5) is 5.69 Å². The molecule has 1 atom stereocenters. The van der Waals surface area contributed by atoms with Crippen LogP contribution in [0, 0.1) is 21.4 Å². The van der Waals surface area contributed by atoms with Crippen molar-refractivity contribution in [3.8, 4) is 0 Å². The number of carbonyl (C=O) groups is 2. The summed E-state index contributed by atoms with van der Waals surface area (Å²) in [5.74, 6) is -0.475. The van der Waals surface area contributed by atoms with Crippen molar-refractivity contribution in [2.45, 2.75) is 31.1 Å². The van der Waals surface area contributed by atoms with Gasteiger partial charge in [-0.1, -0.05) is 6.92 Å². The Bertz CT molecular complexity index is 728. The lowest BCUT2D eigenvalue weighted by atomic mass is 9.90. The number of carboxylic acid groups (broad SMARTS) is 1. The van der Waals surface area contributed by atoms with E-state index in [0.29, 0.717) is 37.9 Å². The number of thioether (sulfide) groups is 1. The number of rotatable bonds is 5. The number of amides is 1. The van der Waals surface area contributed by atoms with Crippen LogP contribution in [-0.2, 0) is 4.79 Å². The molecule has 1 saturated carbocycles. The fourth-order valence-electron chi connectivity index (χ4n) is 3.65. The van der Waals surface area contributed by atoms with E-state index in [1.807, 2.05) is 6.92 Å². The highest BCUT2D eigenvalue weighted by Gasteiger charge is 2.59. The molecule has 134 valence electrons. The van der Waals surface area contributed by atoms with E-state index in [1.165, 1.54) is 23.9 Å². The van der Waals surface area contributed by atoms with E-state index in [2.05, 4.69) is 0 Å². The molecule has 3 rings (SSSR count). The Labute approximate surface area is 149 Å². The minimum absolute atomic E-state index is 0.0922. The molecule has 1 unspecified atom stereocenters. The zero-order valence-electron chi connectivity index (χ0n) is 13.9. The molecule has 1 aliphatic carbocycles. The standard InChI is InChI=1S/C17H20N2O5S/c1-2-25-14-4-3-11(19(23)24)9-12(14)15(20)18-7-5-17(6-8-18)10-13(17)16(21)22/h3-4,9,13H,2,5-8,10H2,1H3,(H,21,22). The molecule has 1 aromatic carbocycles. The number of non-ortho nitro benzene ring substituents is 1. The van der Waals surface area contributed by atoms with Crippen molar-refractivity contribution in [3.05, 3.63) is 33.9 Å². The first-order chi connectivity index (χ1) is 11.9. The predicted molar refractivity (Wildman–Crippen MR) is 92.8 cm³/mol. The van der Waals surface area contributed by atoms with E-state index in [1.54, 1.807) is 11.0 Å². The second-order valence-electron chi connectivity index (χ2n) is 6.62. The molecule has 7 nitrogen and oxygen atoms in total. The monoisotopic (exact) mass is 364 g/mol. The van der Waals surface area contributed by atoms with Gasteiger partial charge in [0.05, 0.1) is 16.4 Å². The molecule has 1 spiro atoms. The predicted octanol–water partition coefficient (Wildman–Crippen LogP) is 3.03. The van der Waals surface area contributed by atoms with Crippen molar-refractivity contribution < 1.29 is 19.6 Å². The highest BCUT2D eigenvalue weighted by Crippen LogP contribution is 2.59. The zero-order valence-corrected chi connectivity index (χ0v) is 14.8. The maximum atomic E-state index is 12.9. The molecule has 1 aromatic rings. The average Bonchev–Trinajstić information content (AvgIpc) is 3.29. The van der Waals surface area contributed by atoms with E-state index in [-0.39, 0.29) is 22.9 Å². The Morgan fingerprint density at radius 2 is 2.08 bits per heavy atom. The van der Waals surface area contributed by atoms with E-state index >= 15 is 0 Å². The first-order valence-corrected chi connectivity index (χ1v) is 9.30. The highest BCUT2D eigenvalue weighted by atomic mass is 32.2. The molecule has 1 amide bonds. The minimum Gasteiger partial charge on any atom is -0.481 e. The fourth-order valence-corrected chi connectivity index (χ4v) is 4.43. The number of hydrogen-bond acceptors (Lipinski definition) is 5. The first-order valence-electron chi connectivity index (χ1n) is 8.31. The van der Waals surface area contributed by atoms with E-state index in [4.69, 9.17) is 5.11 Å². The van der Waals surface area contributed by atoms with Gasteiger partial charge in [0.25, 0.3) is 11.6 Å². The van der Waals surface area contributed by atoms with Crippen molar-refractivity contribution in [1.29, 1.82) is 0 Å². The molecule has 1 heterocycles. The number of carboxylic acids is 1. The van der Waals surface area contributed by atoms with Gasteiger partial charge < -0.3 is 10.0 Å². The van der Waals surface area contributed by atoms with Crippen LogP contribution >= 0.6 is 11.8 Å². The number of benzene rings is 1. The van der Waals surface area contributed by atoms with Crippen LogP contribution in [0.25, 0.3) is 0 Å². The second-order valence-corrected chi connectivity index (χ2v) is 7.93. The van der Waals surface area contributed by atoms with Gasteiger partial charge in [-0.05, 0) is 36.5 Å². The molecular formula is C17H20N2O5S. The number of nitrogens with zero attached hydrogens (tertiary/aromatic N) is 2. The molecular weight excluding hydrogens is 344 g/mol. The molecule has 0 radical (unpaired) electrons. The number of nitro benzene ring substituents is 1. The van der Waals surface area contributed by atoms with Crippen molar-refractivity contribution in [2.75, 3.05) is 18.8 Å². The lowest BCUT2D eigenvalue weighted by Crippen LogP contribution is -2.40.